The van der Waals surface area contributed by atoms with Crippen LogP contribution in [0.4, 0.5) is 0 Å². The Labute approximate surface area is 276 Å². The van der Waals surface area contributed by atoms with Crippen LogP contribution >= 0.6 is 22.9 Å². The molecule has 0 saturated heterocycles. The van der Waals surface area contributed by atoms with Gasteiger partial charge >= 0.3 is 0 Å². The van der Waals surface area contributed by atoms with E-state index in [1.807, 2.05) is 11.3 Å². The molecule has 11 rings (SSSR count). The predicted octanol–water partition coefficient (Wildman–Crippen LogP) is 11.7. The van der Waals surface area contributed by atoms with E-state index in [1.54, 1.807) is 0 Å². The molecule has 0 aliphatic heterocycles. The van der Waals surface area contributed by atoms with Crippen LogP contribution in [0.2, 0.25) is 5.02 Å². The van der Waals surface area contributed by atoms with Crippen molar-refractivity contribution in [1.82, 2.24) is 0 Å². The van der Waals surface area contributed by atoms with E-state index in [0.29, 0.717) is 0 Å². The van der Waals surface area contributed by atoms with Crippen molar-refractivity contribution in [2.24, 2.45) is 0 Å². The Morgan fingerprint density at radius 2 is 0.870 bits per heavy atom. The minimum atomic E-state index is -0.523. The molecule has 46 heavy (non-hydrogen) atoms. The Morgan fingerprint density at radius 1 is 0.370 bits per heavy atom. The molecule has 0 unspecified atom stereocenters. The summed E-state index contributed by atoms with van der Waals surface area (Å²) in [5.41, 5.74) is 14.8. The Morgan fingerprint density at radius 3 is 1.50 bits per heavy atom. The SMILES string of the molecule is Clc1cccc2c1-c1cc3c(cc1C21c2ccccc2C2(c4ccccc4-c4ccccc42)c2ccccc21)sc1ccccc13. The highest BCUT2D eigenvalue weighted by Gasteiger charge is 2.59. The van der Waals surface area contributed by atoms with Gasteiger partial charge in [-0.05, 0) is 85.5 Å². The van der Waals surface area contributed by atoms with Gasteiger partial charge in [-0.3, -0.25) is 0 Å². The van der Waals surface area contributed by atoms with Crippen LogP contribution in [-0.2, 0) is 10.8 Å². The van der Waals surface area contributed by atoms with Crippen LogP contribution in [0.15, 0.2) is 152 Å². The number of thiophene rings is 1. The maximum atomic E-state index is 7.25. The smallest absolute Gasteiger partial charge is 0.0721 e. The Hall–Kier alpha value is -4.95. The average molecular weight is 621 g/mol. The second-order valence-corrected chi connectivity index (χ2v) is 14.3. The fourth-order valence-electron chi connectivity index (χ4n) is 9.50. The summed E-state index contributed by atoms with van der Waals surface area (Å²) in [6.07, 6.45) is 0. The topological polar surface area (TPSA) is 0 Å². The lowest BCUT2D eigenvalue weighted by molar-refractivity contribution is 0.633. The van der Waals surface area contributed by atoms with Gasteiger partial charge in [0.2, 0.25) is 0 Å². The van der Waals surface area contributed by atoms with Gasteiger partial charge in [0.05, 0.1) is 10.8 Å². The molecule has 1 heterocycles. The van der Waals surface area contributed by atoms with E-state index >= 15 is 0 Å². The molecule has 0 nitrogen and oxygen atoms in total. The Kier molecular flexibility index (Phi) is 4.75. The van der Waals surface area contributed by atoms with Gasteiger partial charge in [0, 0.05) is 30.8 Å². The third-order valence-electron chi connectivity index (χ3n) is 11.0. The molecule has 1 aromatic heterocycles. The molecule has 0 saturated carbocycles. The number of benzene rings is 7. The van der Waals surface area contributed by atoms with Gasteiger partial charge in [0.25, 0.3) is 0 Å². The fourth-order valence-corrected chi connectivity index (χ4v) is 10.9. The van der Waals surface area contributed by atoms with Crippen LogP contribution in [0.25, 0.3) is 42.4 Å². The monoisotopic (exact) mass is 620 g/mol. The van der Waals surface area contributed by atoms with Crippen molar-refractivity contribution in [1.29, 1.82) is 0 Å². The van der Waals surface area contributed by atoms with Crippen LogP contribution in [0, 0.1) is 0 Å². The van der Waals surface area contributed by atoms with E-state index in [4.69, 9.17) is 11.6 Å². The van der Waals surface area contributed by atoms with E-state index in [0.717, 1.165) is 10.6 Å². The summed E-state index contributed by atoms with van der Waals surface area (Å²) in [7, 11) is 0. The van der Waals surface area contributed by atoms with E-state index < -0.39 is 10.8 Å². The number of rotatable bonds is 0. The molecule has 2 heteroatoms. The summed E-state index contributed by atoms with van der Waals surface area (Å²) in [6.45, 7) is 0. The molecular formula is C44H25ClS. The molecule has 7 aromatic carbocycles. The van der Waals surface area contributed by atoms with Crippen molar-refractivity contribution in [3.8, 4) is 22.3 Å². The highest BCUT2D eigenvalue weighted by atomic mass is 35.5. The molecule has 0 atom stereocenters. The first-order valence-corrected chi connectivity index (χ1v) is 17.1. The zero-order valence-electron chi connectivity index (χ0n) is 24.7. The van der Waals surface area contributed by atoms with Gasteiger partial charge in [-0.25, -0.2) is 0 Å². The lowest BCUT2D eigenvalue weighted by Gasteiger charge is -2.48. The molecule has 0 N–H and O–H groups in total. The summed E-state index contributed by atoms with van der Waals surface area (Å²) >= 11 is 9.14. The van der Waals surface area contributed by atoms with Crippen LogP contribution < -0.4 is 0 Å². The molecule has 3 aliphatic carbocycles. The number of halogens is 1. The zero-order chi connectivity index (χ0) is 30.2. The summed E-state index contributed by atoms with van der Waals surface area (Å²) in [5, 5.41) is 3.42. The molecule has 3 aliphatic rings. The van der Waals surface area contributed by atoms with Gasteiger partial charge in [0.15, 0.2) is 0 Å². The van der Waals surface area contributed by atoms with Crippen molar-refractivity contribution < 1.29 is 0 Å². The minimum absolute atomic E-state index is 0.436. The van der Waals surface area contributed by atoms with Gasteiger partial charge in [-0.15, -0.1) is 11.3 Å². The number of hydrogen-bond donors (Lipinski definition) is 0. The highest BCUT2D eigenvalue weighted by molar-refractivity contribution is 7.25. The maximum absolute atomic E-state index is 7.25. The van der Waals surface area contributed by atoms with Gasteiger partial charge in [0.1, 0.15) is 0 Å². The molecular weight excluding hydrogens is 596 g/mol. The van der Waals surface area contributed by atoms with E-state index in [2.05, 4.69) is 152 Å². The van der Waals surface area contributed by atoms with Crippen LogP contribution in [-0.4, -0.2) is 0 Å². The summed E-state index contributed by atoms with van der Waals surface area (Å²) < 4.78 is 2.63. The van der Waals surface area contributed by atoms with Gasteiger partial charge < -0.3 is 0 Å². The number of fused-ring (bicyclic) bond motifs is 19. The highest BCUT2D eigenvalue weighted by Crippen LogP contribution is 2.68. The third-order valence-corrected chi connectivity index (χ3v) is 12.5. The third kappa shape index (κ3) is 2.72. The van der Waals surface area contributed by atoms with Crippen LogP contribution in [0.1, 0.15) is 44.5 Å². The first-order chi connectivity index (χ1) is 22.7. The molecule has 0 bridgehead atoms. The quantitative estimate of drug-likeness (QED) is 0.158. The van der Waals surface area contributed by atoms with E-state index in [-0.39, 0.29) is 0 Å². The zero-order valence-corrected chi connectivity index (χ0v) is 26.3. The second-order valence-electron chi connectivity index (χ2n) is 12.8. The lowest BCUT2D eigenvalue weighted by Crippen LogP contribution is -2.43. The Balaban J connectivity index is 1.36. The fraction of sp³-hybridized carbons (Fsp3) is 0.0455. The second kappa shape index (κ2) is 8.65. The molecule has 2 spiro atoms. The molecule has 0 radical (unpaired) electrons. The molecule has 0 amide bonds. The Bertz CT molecular complexity index is 2530. The van der Waals surface area contributed by atoms with Crippen LogP contribution in [0.3, 0.4) is 0 Å². The lowest BCUT2D eigenvalue weighted by atomic mass is 9.52. The van der Waals surface area contributed by atoms with Crippen molar-refractivity contribution in [2.45, 2.75) is 10.8 Å². The average Bonchev–Trinajstić information content (AvgIpc) is 3.72. The van der Waals surface area contributed by atoms with E-state index in [1.165, 1.54) is 81.4 Å². The van der Waals surface area contributed by atoms with E-state index in [9.17, 15) is 0 Å². The largest absolute Gasteiger partial charge is 0.135 e. The standard InChI is InChI=1S/C44H25ClS/c45-39-22-11-21-37-42(39)30-24-29-28-14-3-10-23-40(28)46-41(29)25-38(30)44(37)35-19-8-6-17-33(35)43(34-18-7-9-20-36(34)44)31-15-4-1-12-26(31)27-13-2-5-16-32(27)43/h1-25H. The molecule has 8 aromatic rings. The number of hydrogen-bond acceptors (Lipinski definition) is 1. The normalized spacial score (nSPS) is 15.4. The van der Waals surface area contributed by atoms with Crippen molar-refractivity contribution in [2.75, 3.05) is 0 Å². The van der Waals surface area contributed by atoms with Crippen molar-refractivity contribution in [3.63, 3.8) is 0 Å². The first-order valence-electron chi connectivity index (χ1n) is 15.9. The van der Waals surface area contributed by atoms with Crippen molar-refractivity contribution in [3.05, 3.63) is 201 Å². The summed E-state index contributed by atoms with van der Waals surface area (Å²) in [6, 6.07) is 56.8. The predicted molar refractivity (Wildman–Crippen MR) is 193 cm³/mol. The molecule has 214 valence electrons. The first kappa shape index (κ1) is 25.3. The summed E-state index contributed by atoms with van der Waals surface area (Å²) in [4.78, 5) is 0. The van der Waals surface area contributed by atoms with Crippen molar-refractivity contribution >= 4 is 43.1 Å². The molecule has 0 fully saturated rings. The minimum Gasteiger partial charge on any atom is -0.135 e. The maximum Gasteiger partial charge on any atom is 0.0721 e. The van der Waals surface area contributed by atoms with Crippen LogP contribution in [0.5, 0.6) is 0 Å². The van der Waals surface area contributed by atoms with Gasteiger partial charge in [-0.2, -0.15) is 0 Å². The van der Waals surface area contributed by atoms with Gasteiger partial charge in [-0.1, -0.05) is 139 Å². The summed E-state index contributed by atoms with van der Waals surface area (Å²) in [5.74, 6) is 0.